The fourth-order valence-corrected chi connectivity index (χ4v) is 2.99. The third-order valence-corrected chi connectivity index (χ3v) is 3.96. The molecule has 5 heteroatoms. The highest BCUT2D eigenvalue weighted by molar-refractivity contribution is 6.30. The number of hydrogen-bond donors (Lipinski definition) is 1. The maximum atomic E-state index is 11.0. The van der Waals surface area contributed by atoms with Gasteiger partial charge in [-0.2, -0.15) is 0 Å². The Morgan fingerprint density at radius 2 is 2.21 bits per heavy atom. The molecule has 0 heterocycles. The molecule has 1 aliphatic rings. The van der Waals surface area contributed by atoms with E-state index in [4.69, 9.17) is 11.6 Å². The van der Waals surface area contributed by atoms with Gasteiger partial charge in [0.15, 0.2) is 0 Å². The molecule has 1 N–H and O–H groups in total. The Morgan fingerprint density at radius 1 is 1.47 bits per heavy atom. The second kappa shape index (κ2) is 5.37. The Morgan fingerprint density at radius 3 is 2.84 bits per heavy atom. The molecule has 0 radical (unpaired) electrons. The van der Waals surface area contributed by atoms with E-state index in [1.165, 1.54) is 12.5 Å². The van der Waals surface area contributed by atoms with Crippen molar-refractivity contribution in [1.29, 1.82) is 0 Å². The van der Waals surface area contributed by atoms with Crippen LogP contribution in [0.5, 0.6) is 0 Å². The van der Waals surface area contributed by atoms with Crippen LogP contribution >= 0.6 is 11.6 Å². The van der Waals surface area contributed by atoms with Crippen molar-refractivity contribution < 1.29 is 4.92 Å². The highest BCUT2D eigenvalue weighted by Gasteiger charge is 2.29. The molecule has 0 saturated heterocycles. The Kier molecular flexibility index (Phi) is 3.99. The van der Waals surface area contributed by atoms with Crippen molar-refractivity contribution in [3.05, 3.63) is 33.3 Å². The van der Waals surface area contributed by atoms with Crippen LogP contribution in [0.15, 0.2) is 18.2 Å². The largest absolute Gasteiger partial charge is 0.377 e. The first-order chi connectivity index (χ1) is 8.87. The maximum Gasteiger partial charge on any atom is 0.293 e. The summed E-state index contributed by atoms with van der Waals surface area (Å²) in [6.07, 6.45) is 4.47. The van der Waals surface area contributed by atoms with Gasteiger partial charge in [0.2, 0.25) is 0 Å². The van der Waals surface area contributed by atoms with Crippen LogP contribution in [-0.4, -0.2) is 11.0 Å². The van der Waals surface area contributed by atoms with E-state index < -0.39 is 0 Å². The van der Waals surface area contributed by atoms with Crippen molar-refractivity contribution in [2.75, 3.05) is 5.32 Å². The van der Waals surface area contributed by atoms with Crippen molar-refractivity contribution in [2.45, 2.75) is 45.6 Å². The molecule has 4 nitrogen and oxygen atoms in total. The second-order valence-corrected chi connectivity index (χ2v) is 6.46. The first-order valence-electron chi connectivity index (χ1n) is 6.58. The lowest BCUT2D eigenvalue weighted by Crippen LogP contribution is -2.31. The average Bonchev–Trinajstić information content (AvgIpc) is 2.30. The summed E-state index contributed by atoms with van der Waals surface area (Å²) in [4.78, 5) is 10.7. The average molecular weight is 283 g/mol. The van der Waals surface area contributed by atoms with Crippen LogP contribution in [0.3, 0.4) is 0 Å². The molecule has 1 atom stereocenters. The van der Waals surface area contributed by atoms with E-state index in [9.17, 15) is 10.1 Å². The van der Waals surface area contributed by atoms with Crippen molar-refractivity contribution in [3.63, 3.8) is 0 Å². The minimum absolute atomic E-state index is 0.0517. The summed E-state index contributed by atoms with van der Waals surface area (Å²) < 4.78 is 0. The number of nitro groups is 1. The molecular formula is C14H19ClN2O2. The monoisotopic (exact) mass is 282 g/mol. The molecule has 0 amide bonds. The molecule has 1 unspecified atom stereocenters. The maximum absolute atomic E-state index is 11.0. The summed E-state index contributed by atoms with van der Waals surface area (Å²) in [5.74, 6) is 0. The van der Waals surface area contributed by atoms with Gasteiger partial charge in [0.1, 0.15) is 5.69 Å². The number of benzene rings is 1. The molecule has 0 bridgehead atoms. The van der Waals surface area contributed by atoms with Gasteiger partial charge in [0, 0.05) is 17.1 Å². The Balaban J connectivity index is 2.17. The quantitative estimate of drug-likeness (QED) is 0.649. The minimum Gasteiger partial charge on any atom is -0.377 e. The molecule has 19 heavy (non-hydrogen) atoms. The Bertz CT molecular complexity index is 488. The number of hydrogen-bond acceptors (Lipinski definition) is 3. The molecule has 1 fully saturated rings. The summed E-state index contributed by atoms with van der Waals surface area (Å²) in [6.45, 7) is 4.49. The smallest absolute Gasteiger partial charge is 0.293 e. The van der Waals surface area contributed by atoms with Gasteiger partial charge in [-0.05, 0) is 36.8 Å². The first kappa shape index (κ1) is 14.1. The number of anilines is 1. The van der Waals surface area contributed by atoms with Crippen LogP contribution in [0.1, 0.15) is 39.5 Å². The van der Waals surface area contributed by atoms with Crippen molar-refractivity contribution >= 4 is 23.0 Å². The molecule has 1 aliphatic carbocycles. The first-order valence-corrected chi connectivity index (χ1v) is 6.96. The highest BCUT2D eigenvalue weighted by atomic mass is 35.5. The Hall–Kier alpha value is -1.29. The van der Waals surface area contributed by atoms with Crippen LogP contribution in [0.2, 0.25) is 5.02 Å². The number of nitrogens with one attached hydrogen (secondary N) is 1. The summed E-state index contributed by atoms with van der Waals surface area (Å²) in [6, 6.07) is 5.08. The minimum atomic E-state index is -0.387. The predicted molar refractivity (Wildman–Crippen MR) is 77.8 cm³/mol. The van der Waals surface area contributed by atoms with Gasteiger partial charge in [-0.1, -0.05) is 31.9 Å². The lowest BCUT2D eigenvalue weighted by Gasteiger charge is -2.35. The zero-order valence-corrected chi connectivity index (χ0v) is 12.0. The van der Waals surface area contributed by atoms with Crippen molar-refractivity contribution in [2.24, 2.45) is 5.41 Å². The van der Waals surface area contributed by atoms with Crippen LogP contribution in [0.25, 0.3) is 0 Å². The number of halogens is 1. The van der Waals surface area contributed by atoms with E-state index in [0.29, 0.717) is 22.2 Å². The van der Waals surface area contributed by atoms with E-state index in [-0.39, 0.29) is 10.6 Å². The predicted octanol–water partition coefficient (Wildman–Crippen LogP) is 4.63. The highest BCUT2D eigenvalue weighted by Crippen LogP contribution is 2.37. The third kappa shape index (κ3) is 3.60. The fraction of sp³-hybridized carbons (Fsp3) is 0.571. The molecule has 1 saturated carbocycles. The molecule has 2 rings (SSSR count). The second-order valence-electron chi connectivity index (χ2n) is 6.02. The topological polar surface area (TPSA) is 55.2 Å². The number of nitrogens with zero attached hydrogens (tertiary/aromatic N) is 1. The van der Waals surface area contributed by atoms with Gasteiger partial charge in [0.05, 0.1) is 4.92 Å². The van der Waals surface area contributed by atoms with Crippen molar-refractivity contribution in [3.8, 4) is 0 Å². The van der Waals surface area contributed by atoms with E-state index in [2.05, 4.69) is 19.2 Å². The van der Waals surface area contributed by atoms with E-state index in [0.717, 1.165) is 19.3 Å². The van der Waals surface area contributed by atoms with Gasteiger partial charge in [-0.3, -0.25) is 10.1 Å². The summed E-state index contributed by atoms with van der Waals surface area (Å²) in [5.41, 5.74) is 0.921. The molecular weight excluding hydrogens is 264 g/mol. The Labute approximate surface area is 118 Å². The van der Waals surface area contributed by atoms with Gasteiger partial charge in [-0.25, -0.2) is 0 Å². The van der Waals surface area contributed by atoms with Crippen LogP contribution in [0, 0.1) is 15.5 Å². The van der Waals surface area contributed by atoms with Crippen LogP contribution in [0.4, 0.5) is 11.4 Å². The molecule has 0 aliphatic heterocycles. The van der Waals surface area contributed by atoms with E-state index in [1.54, 1.807) is 12.1 Å². The lowest BCUT2D eigenvalue weighted by molar-refractivity contribution is -0.384. The summed E-state index contributed by atoms with van der Waals surface area (Å²) in [5, 5.41) is 14.8. The summed E-state index contributed by atoms with van der Waals surface area (Å²) in [7, 11) is 0. The van der Waals surface area contributed by atoms with Gasteiger partial charge < -0.3 is 5.32 Å². The number of rotatable bonds is 3. The van der Waals surface area contributed by atoms with E-state index in [1.807, 2.05) is 0 Å². The molecule has 0 spiro atoms. The lowest BCUT2D eigenvalue weighted by atomic mass is 9.75. The van der Waals surface area contributed by atoms with Gasteiger partial charge >= 0.3 is 0 Å². The van der Waals surface area contributed by atoms with Crippen molar-refractivity contribution in [1.82, 2.24) is 0 Å². The standard InChI is InChI=1S/C14H19ClN2O2/c1-14(2)7-3-4-11(9-14)16-12-6-5-10(15)8-13(12)17(18)19/h5-6,8,11,16H,3-4,7,9H2,1-2H3. The van der Waals surface area contributed by atoms with Crippen LogP contribution < -0.4 is 5.32 Å². The summed E-state index contributed by atoms with van der Waals surface area (Å²) >= 11 is 5.82. The van der Waals surface area contributed by atoms with Gasteiger partial charge in [-0.15, -0.1) is 0 Å². The third-order valence-electron chi connectivity index (χ3n) is 3.72. The zero-order valence-electron chi connectivity index (χ0n) is 11.3. The van der Waals surface area contributed by atoms with Gasteiger partial charge in [0.25, 0.3) is 5.69 Å². The molecule has 104 valence electrons. The molecule has 0 aromatic heterocycles. The fourth-order valence-electron chi connectivity index (χ4n) is 2.82. The SMILES string of the molecule is CC1(C)CCCC(Nc2ccc(Cl)cc2[N+](=O)[O-])C1. The van der Waals surface area contributed by atoms with Crippen LogP contribution in [-0.2, 0) is 0 Å². The van der Waals surface area contributed by atoms with E-state index >= 15 is 0 Å². The molecule has 1 aromatic rings. The normalized spacial score (nSPS) is 21.9. The molecule has 1 aromatic carbocycles. The zero-order chi connectivity index (χ0) is 14.0. The number of nitro benzene ring substituents is 1.